The zero-order valence-electron chi connectivity index (χ0n) is 8.80. The number of hydrogen-bond acceptors (Lipinski definition) is 4. The Labute approximate surface area is 94.9 Å². The van der Waals surface area contributed by atoms with E-state index in [1.807, 2.05) is 0 Å². The molecule has 1 aliphatic carbocycles. The van der Waals surface area contributed by atoms with Crippen molar-refractivity contribution in [2.24, 2.45) is 0 Å². The first-order chi connectivity index (χ1) is 7.70. The van der Waals surface area contributed by atoms with Gasteiger partial charge in [0.05, 0.1) is 0 Å². The van der Waals surface area contributed by atoms with Crippen LogP contribution in [0.15, 0.2) is 24.3 Å². The van der Waals surface area contributed by atoms with Gasteiger partial charge in [-0.2, -0.15) is 0 Å². The summed E-state index contributed by atoms with van der Waals surface area (Å²) in [5, 5.41) is 0. The van der Waals surface area contributed by atoms with Crippen LogP contribution in [0.1, 0.15) is 6.42 Å². The Morgan fingerprint density at radius 1 is 1.12 bits per heavy atom. The fourth-order valence-corrected chi connectivity index (χ4v) is 5.73. The minimum absolute atomic E-state index is 0.357. The molecule has 0 amide bonds. The molecule has 0 saturated carbocycles. The molecule has 0 bridgehead atoms. The Morgan fingerprint density at radius 2 is 1.62 bits per heavy atom. The Balaban J connectivity index is 3.54. The van der Waals surface area contributed by atoms with Crippen molar-refractivity contribution in [3.63, 3.8) is 0 Å². The van der Waals surface area contributed by atoms with E-state index >= 15 is 0 Å². The molecule has 1 rings (SSSR count). The summed E-state index contributed by atoms with van der Waals surface area (Å²) < 4.78 is 9.04. The Bertz CT molecular complexity index is 521. The monoisotopic (exact) mass is 306 g/mol. The van der Waals surface area contributed by atoms with E-state index in [-0.39, 0.29) is 0 Å². The normalized spacial score (nSPS) is 16.6. The molecule has 0 spiro atoms. The van der Waals surface area contributed by atoms with Crippen molar-refractivity contribution >= 4 is 12.8 Å². The third-order valence-corrected chi connectivity index (χ3v) is 8.99. The van der Waals surface area contributed by atoms with Crippen molar-refractivity contribution < 1.29 is 33.8 Å². The van der Waals surface area contributed by atoms with E-state index in [1.165, 1.54) is 7.11 Å². The summed E-state index contributed by atoms with van der Waals surface area (Å²) in [6.45, 7) is 0.357. The van der Waals surface area contributed by atoms with Crippen molar-refractivity contribution in [1.29, 1.82) is 0 Å². The SMILES string of the molecule is COCC[C]1([MoH](=[C]=O)(=[C]=O)=[C]=O)C=CC=C1. The van der Waals surface area contributed by atoms with Crippen LogP contribution in [-0.4, -0.2) is 26.5 Å². The second-order valence-corrected chi connectivity index (χ2v) is 10.1. The van der Waals surface area contributed by atoms with Gasteiger partial charge in [0.1, 0.15) is 0 Å². The number of ether oxygens (including phenoxy) is 1. The molecule has 16 heavy (non-hydrogen) atoms. The van der Waals surface area contributed by atoms with Gasteiger partial charge in [0.25, 0.3) is 0 Å². The van der Waals surface area contributed by atoms with Crippen molar-refractivity contribution in [2.75, 3.05) is 13.7 Å². The van der Waals surface area contributed by atoms with E-state index < -0.39 is 18.5 Å². The average Bonchev–Trinajstić information content (AvgIpc) is 2.80. The van der Waals surface area contributed by atoms with E-state index in [1.54, 1.807) is 37.1 Å². The molecule has 0 N–H and O–H groups in total. The van der Waals surface area contributed by atoms with Crippen LogP contribution >= 0.6 is 0 Å². The molecule has 86 valence electrons. The van der Waals surface area contributed by atoms with Crippen LogP contribution < -0.4 is 0 Å². The zero-order chi connectivity index (χ0) is 12.1. The summed E-state index contributed by atoms with van der Waals surface area (Å²) in [5.41, 5.74) is 0. The third-order valence-electron chi connectivity index (χ3n) is 2.62. The molecule has 0 heterocycles. The van der Waals surface area contributed by atoms with Gasteiger partial charge in [-0.15, -0.1) is 0 Å². The summed E-state index contributed by atoms with van der Waals surface area (Å²) in [4.78, 5) is 32.9. The van der Waals surface area contributed by atoms with E-state index in [4.69, 9.17) is 4.74 Å². The first-order valence-electron chi connectivity index (χ1n) is 4.63. The van der Waals surface area contributed by atoms with Crippen LogP contribution in [0.4, 0.5) is 0 Å². The van der Waals surface area contributed by atoms with Gasteiger partial charge in [-0.25, -0.2) is 0 Å². The third kappa shape index (κ3) is 1.90. The van der Waals surface area contributed by atoms with E-state index in [0.717, 1.165) is 0 Å². The fraction of sp³-hybridized carbons (Fsp3) is 0.364. The van der Waals surface area contributed by atoms with Gasteiger partial charge in [0, 0.05) is 0 Å². The minimum atomic E-state index is -4.36. The van der Waals surface area contributed by atoms with Crippen LogP contribution in [0.2, 0.25) is 3.80 Å². The van der Waals surface area contributed by atoms with Gasteiger partial charge < -0.3 is 0 Å². The summed E-state index contributed by atoms with van der Waals surface area (Å²) in [6.07, 6.45) is 7.22. The summed E-state index contributed by atoms with van der Waals surface area (Å²) >= 11 is -4.36. The standard InChI is InChI=1S/C8H11O.3CO.Mo.H/c1-9-7-6-8-4-2-3-5-8;3*1-2;;/h2-5H,6-7H2,1H3;;;;;. The van der Waals surface area contributed by atoms with Gasteiger partial charge in [0.15, 0.2) is 0 Å². The quantitative estimate of drug-likeness (QED) is 0.705. The molecular formula is C11H12MoO4. The molecule has 0 saturated heterocycles. The van der Waals surface area contributed by atoms with E-state index in [9.17, 15) is 14.4 Å². The van der Waals surface area contributed by atoms with Crippen molar-refractivity contribution in [1.82, 2.24) is 0 Å². The van der Waals surface area contributed by atoms with Crippen LogP contribution in [0.3, 0.4) is 0 Å². The number of methoxy groups -OCH3 is 1. The predicted octanol–water partition coefficient (Wildman–Crippen LogP) is 0.395. The topological polar surface area (TPSA) is 60.4 Å². The van der Waals surface area contributed by atoms with Gasteiger partial charge in [-0.1, -0.05) is 0 Å². The Morgan fingerprint density at radius 3 is 2.00 bits per heavy atom. The molecule has 0 aliphatic heterocycles. The fourth-order valence-electron chi connectivity index (χ4n) is 1.63. The first kappa shape index (κ1) is 12.9. The van der Waals surface area contributed by atoms with Crippen LogP contribution in [0, 0.1) is 0 Å². The molecule has 0 aromatic rings. The molecule has 0 radical (unpaired) electrons. The van der Waals surface area contributed by atoms with Gasteiger partial charge in [-0.05, 0) is 0 Å². The molecular weight excluding hydrogens is 292 g/mol. The number of hydrogen-bond donors (Lipinski definition) is 0. The first-order valence-corrected chi connectivity index (χ1v) is 9.03. The van der Waals surface area contributed by atoms with Gasteiger partial charge in [-0.3, -0.25) is 0 Å². The Kier molecular flexibility index (Phi) is 4.26. The number of allylic oxidation sites excluding steroid dienone is 4. The molecule has 0 aromatic heterocycles. The number of carbonyl (C=O) groups excluding carboxylic acids is 3. The van der Waals surface area contributed by atoms with Crippen LogP contribution in [0.25, 0.3) is 0 Å². The molecule has 0 unspecified atom stereocenters. The number of rotatable bonds is 4. The van der Waals surface area contributed by atoms with Gasteiger partial charge >= 0.3 is 94.8 Å². The molecule has 0 aromatic carbocycles. The maximum absolute atomic E-state index is 11.0. The maximum atomic E-state index is 11.0. The zero-order valence-corrected chi connectivity index (χ0v) is 11.0. The summed E-state index contributed by atoms with van der Waals surface area (Å²) in [6, 6.07) is 0. The van der Waals surface area contributed by atoms with Crippen molar-refractivity contribution in [3.05, 3.63) is 24.3 Å². The average molecular weight is 304 g/mol. The van der Waals surface area contributed by atoms with Crippen molar-refractivity contribution in [3.8, 4) is 0 Å². The molecule has 1 aliphatic rings. The molecule has 4 nitrogen and oxygen atoms in total. The summed E-state index contributed by atoms with van der Waals surface area (Å²) in [7, 11) is 1.52. The molecule has 5 heteroatoms. The van der Waals surface area contributed by atoms with E-state index in [2.05, 4.69) is 0 Å². The molecule has 0 fully saturated rings. The Hall–Kier alpha value is -1.13. The molecule has 0 atom stereocenters. The van der Waals surface area contributed by atoms with E-state index in [0.29, 0.717) is 13.0 Å². The van der Waals surface area contributed by atoms with Gasteiger partial charge in [0.2, 0.25) is 0 Å². The predicted molar refractivity (Wildman–Crippen MR) is 55.9 cm³/mol. The van der Waals surface area contributed by atoms with Crippen molar-refractivity contribution in [2.45, 2.75) is 10.2 Å². The second kappa shape index (κ2) is 5.27. The summed E-state index contributed by atoms with van der Waals surface area (Å²) in [5.74, 6) is 0. The second-order valence-electron chi connectivity index (χ2n) is 3.40. The van der Waals surface area contributed by atoms with Crippen LogP contribution in [-0.2, 0) is 33.8 Å². The van der Waals surface area contributed by atoms with Crippen LogP contribution in [0.5, 0.6) is 0 Å².